The summed E-state index contributed by atoms with van der Waals surface area (Å²) >= 11 is 0. The van der Waals surface area contributed by atoms with Crippen molar-refractivity contribution in [1.29, 1.82) is 0 Å². The second kappa shape index (κ2) is 9.65. The van der Waals surface area contributed by atoms with E-state index in [0.717, 1.165) is 5.57 Å². The van der Waals surface area contributed by atoms with E-state index in [-0.39, 0.29) is 24.3 Å². The summed E-state index contributed by atoms with van der Waals surface area (Å²) in [6.45, 7) is 11.7. The molecule has 0 aromatic heterocycles. The molecule has 1 aliphatic rings. The monoisotopic (exact) mass is 380 g/mol. The van der Waals surface area contributed by atoms with Crippen LogP contribution < -0.4 is 0 Å². The minimum Gasteiger partial charge on any atom is -0.508 e. The van der Waals surface area contributed by atoms with Crippen molar-refractivity contribution in [2.45, 2.75) is 85.4 Å². The number of carbonyl (C=O) groups excluding carboxylic acids is 2. The van der Waals surface area contributed by atoms with Gasteiger partial charge in [-0.3, -0.25) is 9.59 Å². The Labute approximate surface area is 163 Å². The molecular formula is C22H36O5. The van der Waals surface area contributed by atoms with E-state index in [2.05, 4.69) is 0 Å². The normalized spacial score (nSPS) is 24.1. The third-order valence-electron chi connectivity index (χ3n) is 5.23. The summed E-state index contributed by atoms with van der Waals surface area (Å²) < 4.78 is 0. The smallest absolute Gasteiger partial charge is 0.176 e. The molecule has 3 atom stereocenters. The van der Waals surface area contributed by atoms with Crippen LogP contribution in [0.5, 0.6) is 0 Å². The summed E-state index contributed by atoms with van der Waals surface area (Å²) in [6.07, 6.45) is 2.18. The van der Waals surface area contributed by atoms with Crippen LogP contribution in [-0.4, -0.2) is 38.6 Å². The number of hydrogen-bond donors (Lipinski definition) is 3. The quantitative estimate of drug-likeness (QED) is 0.395. The molecule has 0 radical (unpaired) electrons. The van der Waals surface area contributed by atoms with Gasteiger partial charge >= 0.3 is 0 Å². The van der Waals surface area contributed by atoms with Crippen molar-refractivity contribution in [3.8, 4) is 0 Å². The molecule has 1 aliphatic carbocycles. The summed E-state index contributed by atoms with van der Waals surface area (Å²) in [5.74, 6) is -2.07. The summed E-state index contributed by atoms with van der Waals surface area (Å²) in [4.78, 5) is 25.5. The summed E-state index contributed by atoms with van der Waals surface area (Å²) in [6, 6.07) is 0. The van der Waals surface area contributed by atoms with Crippen LogP contribution in [0.1, 0.15) is 73.6 Å². The van der Waals surface area contributed by atoms with Gasteiger partial charge in [0.25, 0.3) is 0 Å². The number of hydrogen-bond acceptors (Lipinski definition) is 5. The molecule has 1 rings (SSSR count). The van der Waals surface area contributed by atoms with Crippen LogP contribution in [0.4, 0.5) is 0 Å². The Balaban J connectivity index is 3.26. The third kappa shape index (κ3) is 5.52. The Morgan fingerprint density at radius 3 is 2.19 bits per heavy atom. The Morgan fingerprint density at radius 1 is 1.15 bits per heavy atom. The molecule has 154 valence electrons. The standard InChI is InChI=1S/C22H36O5/c1-13(2)7-10-16-20(25)19(17(23)11-8-14(3)4)21(26)22(16,27)18(24)12-9-15(5)6/h9,13-14,16,18,24,26-27H,7-8,10-12H2,1-6H3/t16-,18?,22?/m1/s1. The fourth-order valence-corrected chi connectivity index (χ4v) is 3.44. The molecule has 3 N–H and O–H groups in total. The summed E-state index contributed by atoms with van der Waals surface area (Å²) in [5, 5.41) is 32.6. The van der Waals surface area contributed by atoms with Crippen LogP contribution in [0.25, 0.3) is 0 Å². The predicted molar refractivity (Wildman–Crippen MR) is 106 cm³/mol. The molecule has 0 aromatic rings. The van der Waals surface area contributed by atoms with Gasteiger partial charge in [-0.1, -0.05) is 45.8 Å². The molecule has 0 aliphatic heterocycles. The zero-order valence-corrected chi connectivity index (χ0v) is 17.6. The maximum absolute atomic E-state index is 12.9. The Morgan fingerprint density at radius 2 is 1.70 bits per heavy atom. The molecule has 5 nitrogen and oxygen atoms in total. The van der Waals surface area contributed by atoms with Crippen LogP contribution in [0.2, 0.25) is 0 Å². The van der Waals surface area contributed by atoms with E-state index in [0.29, 0.717) is 25.2 Å². The highest BCUT2D eigenvalue weighted by atomic mass is 16.4. The van der Waals surface area contributed by atoms with E-state index in [1.165, 1.54) is 0 Å². The highest BCUT2D eigenvalue weighted by Crippen LogP contribution is 2.44. The summed E-state index contributed by atoms with van der Waals surface area (Å²) in [7, 11) is 0. The third-order valence-corrected chi connectivity index (χ3v) is 5.23. The number of aliphatic hydroxyl groups is 3. The van der Waals surface area contributed by atoms with Crippen LogP contribution in [0.15, 0.2) is 23.0 Å². The van der Waals surface area contributed by atoms with Gasteiger partial charge in [0, 0.05) is 6.42 Å². The number of ketones is 2. The lowest BCUT2D eigenvalue weighted by Gasteiger charge is -2.34. The second-order valence-electron chi connectivity index (χ2n) is 8.83. The van der Waals surface area contributed by atoms with E-state index in [1.54, 1.807) is 6.08 Å². The first-order chi connectivity index (χ1) is 12.4. The molecule has 0 spiro atoms. The highest BCUT2D eigenvalue weighted by molar-refractivity contribution is 6.23. The van der Waals surface area contributed by atoms with Crippen LogP contribution in [0.3, 0.4) is 0 Å². The van der Waals surface area contributed by atoms with Gasteiger partial charge in [-0.15, -0.1) is 0 Å². The van der Waals surface area contributed by atoms with Crippen molar-refractivity contribution >= 4 is 11.6 Å². The molecular weight excluding hydrogens is 344 g/mol. The van der Waals surface area contributed by atoms with Gasteiger partial charge in [-0.2, -0.15) is 0 Å². The van der Waals surface area contributed by atoms with Gasteiger partial charge in [0.2, 0.25) is 0 Å². The number of allylic oxidation sites excluding steroid dienone is 2. The minimum absolute atomic E-state index is 0.0990. The molecule has 0 fully saturated rings. The number of Topliss-reactive ketones (excluding diaryl/α,β-unsaturated/α-hetero) is 2. The fraction of sp³-hybridized carbons (Fsp3) is 0.727. The zero-order valence-electron chi connectivity index (χ0n) is 17.6. The van der Waals surface area contributed by atoms with Gasteiger partial charge in [-0.25, -0.2) is 0 Å². The lowest BCUT2D eigenvalue weighted by molar-refractivity contribution is -0.136. The predicted octanol–water partition coefficient (Wildman–Crippen LogP) is 3.89. The van der Waals surface area contributed by atoms with Crippen molar-refractivity contribution in [2.75, 3.05) is 0 Å². The average Bonchev–Trinajstić information content (AvgIpc) is 2.75. The van der Waals surface area contributed by atoms with Gasteiger partial charge in [0.1, 0.15) is 11.3 Å². The molecule has 0 saturated heterocycles. The van der Waals surface area contributed by atoms with Crippen LogP contribution >= 0.6 is 0 Å². The van der Waals surface area contributed by atoms with Crippen molar-refractivity contribution in [2.24, 2.45) is 17.8 Å². The zero-order chi connectivity index (χ0) is 20.9. The molecule has 5 heteroatoms. The largest absolute Gasteiger partial charge is 0.508 e. The Kier molecular flexibility index (Phi) is 8.43. The number of aliphatic hydroxyl groups excluding tert-OH is 2. The van der Waals surface area contributed by atoms with E-state index >= 15 is 0 Å². The first-order valence-corrected chi connectivity index (χ1v) is 9.97. The molecule has 0 saturated carbocycles. The molecule has 0 heterocycles. The minimum atomic E-state index is -2.11. The van der Waals surface area contributed by atoms with E-state index in [4.69, 9.17) is 0 Å². The van der Waals surface area contributed by atoms with Crippen LogP contribution in [-0.2, 0) is 9.59 Å². The molecule has 2 unspecified atom stereocenters. The van der Waals surface area contributed by atoms with Gasteiger partial charge in [-0.05, 0) is 44.9 Å². The second-order valence-corrected chi connectivity index (χ2v) is 8.83. The maximum atomic E-state index is 12.9. The lowest BCUT2D eigenvalue weighted by Crippen LogP contribution is -2.49. The van der Waals surface area contributed by atoms with Crippen LogP contribution in [0, 0.1) is 17.8 Å². The molecule has 27 heavy (non-hydrogen) atoms. The van der Waals surface area contributed by atoms with Gasteiger partial charge < -0.3 is 15.3 Å². The first-order valence-electron chi connectivity index (χ1n) is 9.97. The maximum Gasteiger partial charge on any atom is 0.176 e. The van der Waals surface area contributed by atoms with E-state index in [1.807, 2.05) is 41.5 Å². The number of carbonyl (C=O) groups is 2. The first kappa shape index (κ1) is 23.6. The van der Waals surface area contributed by atoms with Crippen molar-refractivity contribution in [3.63, 3.8) is 0 Å². The lowest BCUT2D eigenvalue weighted by atomic mass is 9.78. The molecule has 0 amide bonds. The Bertz CT molecular complexity index is 610. The van der Waals surface area contributed by atoms with Gasteiger partial charge in [0.15, 0.2) is 17.2 Å². The average molecular weight is 381 g/mol. The number of rotatable bonds is 10. The van der Waals surface area contributed by atoms with Crippen molar-refractivity contribution < 1.29 is 24.9 Å². The van der Waals surface area contributed by atoms with Gasteiger partial charge in [0.05, 0.1) is 12.0 Å². The Hall–Kier alpha value is -1.46. The molecule has 0 aromatic carbocycles. The molecule has 0 bridgehead atoms. The van der Waals surface area contributed by atoms with E-state index < -0.39 is 34.9 Å². The summed E-state index contributed by atoms with van der Waals surface area (Å²) in [5.41, 5.74) is -1.47. The van der Waals surface area contributed by atoms with Crippen molar-refractivity contribution in [3.05, 3.63) is 23.0 Å². The SMILES string of the molecule is CC(C)=CCC(O)C1(O)C(O)=C(C(=O)CCC(C)C)C(=O)[C@H]1CCC(C)C. The topological polar surface area (TPSA) is 94.8 Å². The fourth-order valence-electron chi connectivity index (χ4n) is 3.44. The van der Waals surface area contributed by atoms with Crippen molar-refractivity contribution in [1.82, 2.24) is 0 Å². The highest BCUT2D eigenvalue weighted by Gasteiger charge is 2.58. The van der Waals surface area contributed by atoms with E-state index in [9.17, 15) is 24.9 Å².